The van der Waals surface area contributed by atoms with E-state index in [1.807, 2.05) is 51.1 Å². The number of carbonyl (C=O) groups excluding carboxylic acids is 1. The second kappa shape index (κ2) is 6.91. The molecule has 1 N–H and O–H groups in total. The molecule has 0 saturated carbocycles. The molecule has 1 aromatic rings. The average molecular weight is 293 g/mol. The maximum Gasteiger partial charge on any atom is 0.408 e. The smallest absolute Gasteiger partial charge is 0.408 e. The third kappa shape index (κ3) is 6.14. The van der Waals surface area contributed by atoms with Gasteiger partial charge < -0.3 is 19.5 Å². The predicted octanol–water partition coefficient (Wildman–Crippen LogP) is 2.50. The number of benzene rings is 1. The first-order valence-electron chi connectivity index (χ1n) is 7.17. The van der Waals surface area contributed by atoms with E-state index in [0.29, 0.717) is 19.8 Å². The molecule has 0 aromatic heterocycles. The summed E-state index contributed by atoms with van der Waals surface area (Å²) in [6, 6.07) is 9.74. The van der Waals surface area contributed by atoms with Gasteiger partial charge in [-0.3, -0.25) is 0 Å². The van der Waals surface area contributed by atoms with Crippen LogP contribution in [-0.2, 0) is 20.8 Å². The molecule has 0 aliphatic carbocycles. The first-order chi connectivity index (χ1) is 9.94. The Morgan fingerprint density at radius 1 is 1.38 bits per heavy atom. The van der Waals surface area contributed by atoms with E-state index in [9.17, 15) is 4.79 Å². The van der Waals surface area contributed by atoms with Crippen molar-refractivity contribution in [3.05, 3.63) is 35.9 Å². The van der Waals surface area contributed by atoms with Gasteiger partial charge in [-0.2, -0.15) is 0 Å². The second-order valence-electron chi connectivity index (χ2n) is 6.13. The lowest BCUT2D eigenvalue weighted by atomic mass is 10.2. The van der Waals surface area contributed by atoms with Gasteiger partial charge in [0.25, 0.3) is 0 Å². The summed E-state index contributed by atoms with van der Waals surface area (Å²) in [7, 11) is 0. The monoisotopic (exact) mass is 293 g/mol. The molecule has 1 amide bonds. The Balaban J connectivity index is 1.76. The van der Waals surface area contributed by atoms with E-state index in [1.54, 1.807) is 0 Å². The van der Waals surface area contributed by atoms with Crippen LogP contribution >= 0.6 is 0 Å². The van der Waals surface area contributed by atoms with E-state index in [1.165, 1.54) is 0 Å². The number of nitrogens with one attached hydrogen (secondary N) is 1. The molecular formula is C16H23NO4. The van der Waals surface area contributed by atoms with Gasteiger partial charge in [0, 0.05) is 0 Å². The number of hydrogen-bond donors (Lipinski definition) is 1. The van der Waals surface area contributed by atoms with Gasteiger partial charge in [0.05, 0.1) is 25.9 Å². The fourth-order valence-electron chi connectivity index (χ4n) is 1.87. The van der Waals surface area contributed by atoms with Gasteiger partial charge >= 0.3 is 6.09 Å². The zero-order valence-corrected chi connectivity index (χ0v) is 12.8. The SMILES string of the molecule is CC(C)(C)OC(=O)NC(COCc1ccccc1)C1CO1. The van der Waals surface area contributed by atoms with Crippen molar-refractivity contribution < 1.29 is 19.0 Å². The highest BCUT2D eigenvalue weighted by Crippen LogP contribution is 2.16. The minimum absolute atomic E-state index is 0.0216. The number of epoxide rings is 1. The fourth-order valence-corrected chi connectivity index (χ4v) is 1.87. The summed E-state index contributed by atoms with van der Waals surface area (Å²) >= 11 is 0. The Labute approximate surface area is 125 Å². The molecule has 5 nitrogen and oxygen atoms in total. The summed E-state index contributed by atoms with van der Waals surface area (Å²) in [5, 5.41) is 2.81. The normalized spacial score (nSPS) is 18.9. The first-order valence-corrected chi connectivity index (χ1v) is 7.17. The number of ether oxygens (including phenoxy) is 3. The fraction of sp³-hybridized carbons (Fsp3) is 0.562. The number of carbonyl (C=O) groups is 1. The number of rotatable bonds is 6. The minimum atomic E-state index is -0.510. The highest BCUT2D eigenvalue weighted by Gasteiger charge is 2.35. The molecule has 116 valence electrons. The molecule has 1 aliphatic heterocycles. The molecule has 2 rings (SSSR count). The van der Waals surface area contributed by atoms with Crippen LogP contribution < -0.4 is 5.32 Å². The van der Waals surface area contributed by atoms with Crippen molar-refractivity contribution in [1.82, 2.24) is 5.32 Å². The Kier molecular flexibility index (Phi) is 5.20. The highest BCUT2D eigenvalue weighted by molar-refractivity contribution is 5.68. The Morgan fingerprint density at radius 2 is 2.05 bits per heavy atom. The summed E-state index contributed by atoms with van der Waals surface area (Å²) in [4.78, 5) is 11.8. The van der Waals surface area contributed by atoms with Crippen LogP contribution in [0.15, 0.2) is 30.3 Å². The first kappa shape index (κ1) is 15.8. The predicted molar refractivity (Wildman–Crippen MR) is 79.0 cm³/mol. The van der Waals surface area contributed by atoms with Gasteiger partial charge in [-0.1, -0.05) is 30.3 Å². The maximum atomic E-state index is 11.8. The molecule has 1 fully saturated rings. The third-order valence-corrected chi connectivity index (χ3v) is 2.92. The van der Waals surface area contributed by atoms with Crippen molar-refractivity contribution in [1.29, 1.82) is 0 Å². The lowest BCUT2D eigenvalue weighted by molar-refractivity contribution is 0.0403. The maximum absolute atomic E-state index is 11.8. The Hall–Kier alpha value is -1.59. The molecule has 1 heterocycles. The molecule has 1 aliphatic rings. The van der Waals surface area contributed by atoms with Gasteiger partial charge in [-0.25, -0.2) is 4.79 Å². The molecule has 5 heteroatoms. The zero-order valence-electron chi connectivity index (χ0n) is 12.8. The largest absolute Gasteiger partial charge is 0.444 e. The molecule has 0 radical (unpaired) electrons. The molecule has 2 atom stereocenters. The number of amides is 1. The summed E-state index contributed by atoms with van der Waals surface area (Å²) in [5.74, 6) is 0. The molecule has 0 spiro atoms. The highest BCUT2D eigenvalue weighted by atomic mass is 16.6. The van der Waals surface area contributed by atoms with Crippen LogP contribution in [0.1, 0.15) is 26.3 Å². The van der Waals surface area contributed by atoms with Crippen LogP contribution in [0.25, 0.3) is 0 Å². The van der Waals surface area contributed by atoms with Crippen molar-refractivity contribution in [3.8, 4) is 0 Å². The van der Waals surface area contributed by atoms with E-state index >= 15 is 0 Å². The average Bonchev–Trinajstić information content (AvgIpc) is 3.21. The van der Waals surface area contributed by atoms with E-state index < -0.39 is 11.7 Å². The molecule has 2 unspecified atom stereocenters. The van der Waals surface area contributed by atoms with Crippen molar-refractivity contribution in [2.45, 2.75) is 45.1 Å². The van der Waals surface area contributed by atoms with E-state index in [4.69, 9.17) is 14.2 Å². The topological polar surface area (TPSA) is 60.1 Å². The summed E-state index contributed by atoms with van der Waals surface area (Å²) in [5.41, 5.74) is 0.592. The molecular weight excluding hydrogens is 270 g/mol. The van der Waals surface area contributed by atoms with Crippen LogP contribution in [0, 0.1) is 0 Å². The summed E-state index contributed by atoms with van der Waals surface area (Å²) in [6.07, 6.45) is -0.417. The standard InChI is InChI=1S/C16H23NO4/c1-16(2,3)21-15(18)17-13(14-11-20-14)10-19-9-12-7-5-4-6-8-12/h4-8,13-14H,9-11H2,1-3H3,(H,17,18). The molecule has 1 aromatic carbocycles. The van der Waals surface area contributed by atoms with Gasteiger partial charge in [0.2, 0.25) is 0 Å². The Morgan fingerprint density at radius 3 is 2.62 bits per heavy atom. The van der Waals surface area contributed by atoms with Crippen LogP contribution in [0.5, 0.6) is 0 Å². The second-order valence-corrected chi connectivity index (χ2v) is 6.13. The van der Waals surface area contributed by atoms with Crippen LogP contribution in [-0.4, -0.2) is 37.1 Å². The molecule has 21 heavy (non-hydrogen) atoms. The third-order valence-electron chi connectivity index (χ3n) is 2.92. The van der Waals surface area contributed by atoms with Crippen molar-refractivity contribution in [2.24, 2.45) is 0 Å². The van der Waals surface area contributed by atoms with Gasteiger partial charge in [-0.05, 0) is 26.3 Å². The molecule has 1 saturated heterocycles. The van der Waals surface area contributed by atoms with E-state index in [-0.39, 0.29) is 12.1 Å². The van der Waals surface area contributed by atoms with Crippen LogP contribution in [0.3, 0.4) is 0 Å². The zero-order chi connectivity index (χ0) is 15.3. The summed E-state index contributed by atoms with van der Waals surface area (Å²) in [6.45, 7) is 7.07. The van der Waals surface area contributed by atoms with Gasteiger partial charge in [-0.15, -0.1) is 0 Å². The van der Waals surface area contributed by atoms with Crippen molar-refractivity contribution >= 4 is 6.09 Å². The van der Waals surface area contributed by atoms with E-state index in [2.05, 4.69) is 5.32 Å². The van der Waals surface area contributed by atoms with Gasteiger partial charge in [0.1, 0.15) is 11.7 Å². The molecule has 0 bridgehead atoms. The van der Waals surface area contributed by atoms with E-state index in [0.717, 1.165) is 5.56 Å². The quantitative estimate of drug-likeness (QED) is 0.819. The lowest BCUT2D eigenvalue weighted by Crippen LogP contribution is -2.44. The minimum Gasteiger partial charge on any atom is -0.444 e. The van der Waals surface area contributed by atoms with Crippen LogP contribution in [0.4, 0.5) is 4.79 Å². The number of hydrogen-bond acceptors (Lipinski definition) is 4. The summed E-state index contributed by atoms with van der Waals surface area (Å²) < 4.78 is 16.2. The van der Waals surface area contributed by atoms with Crippen LogP contribution in [0.2, 0.25) is 0 Å². The van der Waals surface area contributed by atoms with Gasteiger partial charge in [0.15, 0.2) is 0 Å². The van der Waals surface area contributed by atoms with Crippen molar-refractivity contribution in [2.75, 3.05) is 13.2 Å². The Bertz CT molecular complexity index is 451. The van der Waals surface area contributed by atoms with Crippen molar-refractivity contribution in [3.63, 3.8) is 0 Å². The number of alkyl carbamates (subject to hydrolysis) is 1. The lowest BCUT2D eigenvalue weighted by Gasteiger charge is -2.23.